The maximum Gasteiger partial charge on any atom is 0.359 e. The maximum absolute atomic E-state index is 11.1. The van der Waals surface area contributed by atoms with Crippen LogP contribution in [0.25, 0.3) is 0 Å². The van der Waals surface area contributed by atoms with Crippen LogP contribution < -0.4 is 0 Å². The summed E-state index contributed by atoms with van der Waals surface area (Å²) in [7, 11) is 0. The Morgan fingerprint density at radius 1 is 0.643 bits per heavy atom. The highest BCUT2D eigenvalue weighted by Crippen LogP contribution is 2.14. The number of carbonyl (C=O) groups is 3. The number of aliphatic carboxylic acids is 3. The van der Waals surface area contributed by atoms with Gasteiger partial charge in [-0.05, 0) is 32.1 Å². The number of rotatable bonds is 19. The average molecular weight is 401 g/mol. The summed E-state index contributed by atoms with van der Waals surface area (Å²) >= 11 is 0. The van der Waals surface area contributed by atoms with Crippen LogP contribution in [0.4, 0.5) is 0 Å². The predicted molar refractivity (Wildman–Crippen MR) is 108 cm³/mol. The van der Waals surface area contributed by atoms with Crippen molar-refractivity contribution >= 4 is 17.9 Å². The molecule has 0 aliphatic heterocycles. The highest BCUT2D eigenvalue weighted by molar-refractivity contribution is 5.73. The molecule has 0 heterocycles. The summed E-state index contributed by atoms with van der Waals surface area (Å²) in [6, 6.07) is 0. The van der Waals surface area contributed by atoms with Gasteiger partial charge in [0.15, 0.2) is 19.6 Å². The molecule has 0 bridgehead atoms. The van der Waals surface area contributed by atoms with Crippen molar-refractivity contribution in [1.82, 2.24) is 0 Å². The Morgan fingerprint density at radius 3 is 1.43 bits per heavy atom. The van der Waals surface area contributed by atoms with E-state index in [2.05, 4.69) is 19.1 Å². The van der Waals surface area contributed by atoms with Gasteiger partial charge in [0.25, 0.3) is 0 Å². The Labute approximate surface area is 168 Å². The third kappa shape index (κ3) is 15.2. The van der Waals surface area contributed by atoms with Gasteiger partial charge in [-0.3, -0.25) is 4.48 Å². The fraction of sp³-hybridized carbons (Fsp3) is 0.762. The Morgan fingerprint density at radius 2 is 1.04 bits per heavy atom. The molecule has 7 nitrogen and oxygen atoms in total. The van der Waals surface area contributed by atoms with Crippen molar-refractivity contribution in [1.29, 1.82) is 0 Å². The van der Waals surface area contributed by atoms with E-state index in [1.807, 2.05) is 0 Å². The summed E-state index contributed by atoms with van der Waals surface area (Å²) in [6.45, 7) is 0.959. The molecule has 0 fully saturated rings. The summed E-state index contributed by atoms with van der Waals surface area (Å²) in [4.78, 5) is 33.3. The van der Waals surface area contributed by atoms with Gasteiger partial charge in [0.2, 0.25) is 0 Å². The van der Waals surface area contributed by atoms with Crippen molar-refractivity contribution < 1.29 is 34.2 Å². The number of allylic oxidation sites excluding steroid dienone is 2. The molecule has 0 radical (unpaired) electrons. The van der Waals surface area contributed by atoms with Crippen molar-refractivity contribution in [2.45, 2.75) is 77.6 Å². The van der Waals surface area contributed by atoms with Crippen LogP contribution in [0, 0.1) is 0 Å². The van der Waals surface area contributed by atoms with E-state index in [1.54, 1.807) is 0 Å². The normalized spacial score (nSPS) is 11.8. The molecule has 3 N–H and O–H groups in total. The molecule has 0 aliphatic rings. The average Bonchev–Trinajstić information content (AvgIpc) is 2.57. The third-order valence-corrected chi connectivity index (χ3v) is 4.82. The Kier molecular flexibility index (Phi) is 15.0. The van der Waals surface area contributed by atoms with E-state index < -0.39 is 42.0 Å². The molecule has 0 atom stereocenters. The predicted octanol–water partition coefficient (Wildman–Crippen LogP) is 3.92. The smallest absolute Gasteiger partial charge is 0.359 e. The molecule has 0 aromatic carbocycles. The molecule has 0 unspecified atom stereocenters. The Balaban J connectivity index is 4.03. The minimum absolute atomic E-state index is 0.260. The zero-order chi connectivity index (χ0) is 21.3. The van der Waals surface area contributed by atoms with Gasteiger partial charge in [-0.25, -0.2) is 14.4 Å². The van der Waals surface area contributed by atoms with Gasteiger partial charge in [0.1, 0.15) is 0 Å². The van der Waals surface area contributed by atoms with Gasteiger partial charge >= 0.3 is 17.9 Å². The molecule has 0 rings (SSSR count). The molecular weight excluding hydrogens is 362 g/mol. The molecule has 7 heteroatoms. The van der Waals surface area contributed by atoms with Gasteiger partial charge in [0.05, 0.1) is 6.54 Å². The van der Waals surface area contributed by atoms with Crippen LogP contribution >= 0.6 is 0 Å². The summed E-state index contributed by atoms with van der Waals surface area (Å²) in [5, 5.41) is 27.2. The monoisotopic (exact) mass is 400 g/mol. The molecule has 0 saturated heterocycles. The van der Waals surface area contributed by atoms with Gasteiger partial charge < -0.3 is 15.3 Å². The van der Waals surface area contributed by atoms with Gasteiger partial charge in [0, 0.05) is 0 Å². The highest BCUT2D eigenvalue weighted by atomic mass is 16.4. The number of quaternary nitrogens is 1. The van der Waals surface area contributed by atoms with Crippen molar-refractivity contribution in [2.24, 2.45) is 0 Å². The third-order valence-electron chi connectivity index (χ3n) is 4.82. The second-order valence-electron chi connectivity index (χ2n) is 7.57. The largest absolute Gasteiger partial charge is 0.477 e. The molecule has 0 saturated carbocycles. The SMILES string of the molecule is CC/C=C/CCCCCCCCCCC[N+](CC(=O)O)(CC(=O)O)CC(=O)O. The summed E-state index contributed by atoms with van der Waals surface area (Å²) in [5.74, 6) is -3.52. The Hall–Kier alpha value is -1.89. The molecule has 0 spiro atoms. The lowest BCUT2D eigenvalue weighted by atomic mass is 10.1. The number of hydrogen-bond acceptors (Lipinski definition) is 3. The summed E-state index contributed by atoms with van der Waals surface area (Å²) in [5.41, 5.74) is 0. The molecule has 28 heavy (non-hydrogen) atoms. The minimum Gasteiger partial charge on any atom is -0.477 e. The summed E-state index contributed by atoms with van der Waals surface area (Å²) in [6.07, 6.45) is 16.5. The molecule has 162 valence electrons. The first-order valence-corrected chi connectivity index (χ1v) is 10.5. The van der Waals surface area contributed by atoms with Crippen LogP contribution in [0.15, 0.2) is 12.2 Å². The van der Waals surface area contributed by atoms with E-state index in [9.17, 15) is 14.4 Å². The van der Waals surface area contributed by atoms with Crippen LogP contribution in [-0.2, 0) is 14.4 Å². The van der Waals surface area contributed by atoms with E-state index in [0.29, 0.717) is 6.42 Å². The van der Waals surface area contributed by atoms with Crippen molar-refractivity contribution in [3.8, 4) is 0 Å². The lowest BCUT2D eigenvalue weighted by Crippen LogP contribution is -2.57. The fourth-order valence-electron chi connectivity index (χ4n) is 3.50. The van der Waals surface area contributed by atoms with Gasteiger partial charge in [-0.2, -0.15) is 0 Å². The van der Waals surface area contributed by atoms with Crippen LogP contribution in [-0.4, -0.2) is 63.9 Å². The number of hydrogen-bond donors (Lipinski definition) is 3. The van der Waals surface area contributed by atoms with Crippen LogP contribution in [0.1, 0.15) is 77.6 Å². The second kappa shape index (κ2) is 16.1. The topological polar surface area (TPSA) is 112 Å². The quantitative estimate of drug-likeness (QED) is 0.172. The zero-order valence-corrected chi connectivity index (χ0v) is 17.3. The lowest BCUT2D eigenvalue weighted by molar-refractivity contribution is -0.907. The Bertz CT molecular complexity index is 448. The number of unbranched alkanes of at least 4 members (excludes halogenated alkanes) is 9. The van der Waals surface area contributed by atoms with Crippen LogP contribution in [0.3, 0.4) is 0 Å². The van der Waals surface area contributed by atoms with E-state index >= 15 is 0 Å². The molecule has 0 amide bonds. The first kappa shape index (κ1) is 26.1. The highest BCUT2D eigenvalue weighted by Gasteiger charge is 2.35. The van der Waals surface area contributed by atoms with E-state index in [0.717, 1.165) is 32.1 Å². The fourth-order valence-corrected chi connectivity index (χ4v) is 3.50. The van der Waals surface area contributed by atoms with Gasteiger partial charge in [-0.15, -0.1) is 0 Å². The van der Waals surface area contributed by atoms with Crippen molar-refractivity contribution in [2.75, 3.05) is 26.2 Å². The molecule has 0 aromatic heterocycles. The van der Waals surface area contributed by atoms with E-state index in [-0.39, 0.29) is 6.54 Å². The first-order valence-electron chi connectivity index (χ1n) is 10.5. The lowest BCUT2D eigenvalue weighted by Gasteiger charge is -2.34. The summed E-state index contributed by atoms with van der Waals surface area (Å²) < 4.78 is -0.438. The second-order valence-corrected chi connectivity index (χ2v) is 7.57. The number of carboxylic acid groups (broad SMARTS) is 3. The van der Waals surface area contributed by atoms with Crippen molar-refractivity contribution in [3.05, 3.63) is 12.2 Å². The van der Waals surface area contributed by atoms with Gasteiger partial charge in [-0.1, -0.05) is 57.6 Å². The first-order chi connectivity index (χ1) is 13.3. The minimum atomic E-state index is -1.17. The van der Waals surface area contributed by atoms with Crippen LogP contribution in [0.5, 0.6) is 0 Å². The number of carboxylic acids is 3. The van der Waals surface area contributed by atoms with Crippen LogP contribution in [0.2, 0.25) is 0 Å². The molecule has 0 aliphatic carbocycles. The number of nitrogens with zero attached hydrogens (tertiary/aromatic N) is 1. The van der Waals surface area contributed by atoms with Crippen molar-refractivity contribution in [3.63, 3.8) is 0 Å². The standard InChI is InChI=1S/C21H37NO6/c1-2-3-4-5-6-7-8-9-10-11-12-13-14-15-22(16-19(23)24,17-20(25)26)18-21(27)28/h3-4H,2,5-18H2,1H3,(H2-,23,24,25,26,27,28)/p+1/b4-3+. The zero-order valence-electron chi connectivity index (χ0n) is 17.3. The molecule has 0 aromatic rings. The van der Waals surface area contributed by atoms with E-state index in [4.69, 9.17) is 15.3 Å². The molecular formula is C21H38NO6+. The maximum atomic E-state index is 11.1. The van der Waals surface area contributed by atoms with E-state index in [1.165, 1.54) is 32.1 Å².